The van der Waals surface area contributed by atoms with Gasteiger partial charge in [0, 0.05) is 16.1 Å². The zero-order chi connectivity index (χ0) is 24.5. The fourth-order valence-electron chi connectivity index (χ4n) is 4.42. The topological polar surface area (TPSA) is 91.6 Å². The Hall–Kier alpha value is -3.71. The molecule has 180 valence electrons. The summed E-state index contributed by atoms with van der Waals surface area (Å²) >= 11 is 6.38. The SMILES string of the molecule is CCCCOc1ccc(C2c3c(-c4cc(Cl)c(C)cc4O)n[nH]c3C(=O)N2Cc2ccco2)cc1. The van der Waals surface area contributed by atoms with Gasteiger partial charge in [-0.3, -0.25) is 9.89 Å². The maximum atomic E-state index is 13.5. The summed E-state index contributed by atoms with van der Waals surface area (Å²) in [6.45, 7) is 4.89. The molecule has 7 nitrogen and oxygen atoms in total. The number of phenols is 1. The van der Waals surface area contributed by atoms with Crippen LogP contribution < -0.4 is 4.74 Å². The van der Waals surface area contributed by atoms with Crippen molar-refractivity contribution in [3.63, 3.8) is 0 Å². The molecule has 0 spiro atoms. The first-order valence-electron chi connectivity index (χ1n) is 11.6. The van der Waals surface area contributed by atoms with Crippen LogP contribution in [0.2, 0.25) is 5.02 Å². The number of hydrogen-bond acceptors (Lipinski definition) is 5. The molecule has 0 radical (unpaired) electrons. The monoisotopic (exact) mass is 491 g/mol. The molecule has 5 rings (SSSR count). The second kappa shape index (κ2) is 9.50. The minimum Gasteiger partial charge on any atom is -0.507 e. The molecule has 0 fully saturated rings. The molecule has 1 aliphatic heterocycles. The number of rotatable bonds is 8. The summed E-state index contributed by atoms with van der Waals surface area (Å²) in [6.07, 6.45) is 3.64. The van der Waals surface area contributed by atoms with Crippen molar-refractivity contribution < 1.29 is 19.1 Å². The standard InChI is InChI=1S/C27H26ClN3O4/c1-3-4-11-34-18-9-7-17(8-10-18)26-23-24(20-14-21(28)16(2)13-22(20)32)29-30-25(23)27(33)31(26)15-19-6-5-12-35-19/h5-10,12-14,26,32H,3-4,11,15H2,1-2H3,(H,29,30). The van der Waals surface area contributed by atoms with E-state index < -0.39 is 6.04 Å². The number of amides is 1. The summed E-state index contributed by atoms with van der Waals surface area (Å²) in [5.41, 5.74) is 3.68. The number of fused-ring (bicyclic) bond motifs is 1. The maximum absolute atomic E-state index is 13.5. The number of carbonyl (C=O) groups excluding carboxylic acids is 1. The van der Waals surface area contributed by atoms with Crippen molar-refractivity contribution in [1.29, 1.82) is 0 Å². The van der Waals surface area contributed by atoms with Gasteiger partial charge < -0.3 is 19.2 Å². The fraction of sp³-hybridized carbons (Fsp3) is 0.259. The molecule has 0 bridgehead atoms. The van der Waals surface area contributed by atoms with E-state index in [4.69, 9.17) is 20.8 Å². The highest BCUT2D eigenvalue weighted by Crippen LogP contribution is 2.46. The highest BCUT2D eigenvalue weighted by molar-refractivity contribution is 6.31. The van der Waals surface area contributed by atoms with E-state index in [0.717, 1.165) is 29.7 Å². The second-order valence-electron chi connectivity index (χ2n) is 8.67. The van der Waals surface area contributed by atoms with Crippen molar-refractivity contribution in [2.45, 2.75) is 39.3 Å². The number of halogens is 1. The summed E-state index contributed by atoms with van der Waals surface area (Å²) in [4.78, 5) is 15.2. The van der Waals surface area contributed by atoms with E-state index in [2.05, 4.69) is 17.1 Å². The number of ether oxygens (including phenoxy) is 1. The van der Waals surface area contributed by atoms with E-state index in [-0.39, 0.29) is 18.2 Å². The number of H-pyrrole nitrogens is 1. The van der Waals surface area contributed by atoms with Crippen LogP contribution in [0.4, 0.5) is 0 Å². The van der Waals surface area contributed by atoms with Crippen LogP contribution in [0.3, 0.4) is 0 Å². The van der Waals surface area contributed by atoms with E-state index in [1.807, 2.05) is 37.3 Å². The van der Waals surface area contributed by atoms with Crippen LogP contribution in [0.5, 0.6) is 11.5 Å². The number of phenolic OH excluding ortho intramolecular Hbond substituents is 1. The Balaban J connectivity index is 1.59. The van der Waals surface area contributed by atoms with Crippen molar-refractivity contribution in [3.05, 3.63) is 88.0 Å². The molecule has 0 saturated carbocycles. The number of aromatic nitrogens is 2. The summed E-state index contributed by atoms with van der Waals surface area (Å²) in [5, 5.41) is 18.5. The summed E-state index contributed by atoms with van der Waals surface area (Å²) < 4.78 is 11.4. The van der Waals surface area contributed by atoms with Crippen LogP contribution in [0.15, 0.2) is 59.2 Å². The molecule has 0 aliphatic carbocycles. The molecule has 1 amide bonds. The van der Waals surface area contributed by atoms with Gasteiger partial charge in [0.1, 0.15) is 28.6 Å². The number of furan rings is 1. The summed E-state index contributed by atoms with van der Waals surface area (Å²) in [7, 11) is 0. The Labute approximate surface area is 208 Å². The fourth-order valence-corrected chi connectivity index (χ4v) is 4.58. The average molecular weight is 492 g/mol. The lowest BCUT2D eigenvalue weighted by molar-refractivity contribution is 0.0717. The number of unbranched alkanes of at least 4 members (excludes halogenated alkanes) is 1. The lowest BCUT2D eigenvalue weighted by atomic mass is 9.95. The van der Waals surface area contributed by atoms with E-state index in [1.165, 1.54) is 0 Å². The number of nitrogens with one attached hydrogen (secondary N) is 1. The van der Waals surface area contributed by atoms with Gasteiger partial charge in [0.2, 0.25) is 0 Å². The van der Waals surface area contributed by atoms with Gasteiger partial charge in [0.15, 0.2) is 0 Å². The summed E-state index contributed by atoms with van der Waals surface area (Å²) in [6, 6.07) is 14.2. The molecule has 1 aliphatic rings. The predicted molar refractivity (Wildman–Crippen MR) is 133 cm³/mol. The first-order valence-corrected chi connectivity index (χ1v) is 12.0. The number of aromatic amines is 1. The quantitative estimate of drug-likeness (QED) is 0.284. The molecular weight excluding hydrogens is 466 g/mol. The Morgan fingerprint density at radius 1 is 1.23 bits per heavy atom. The molecule has 2 aromatic heterocycles. The van der Waals surface area contributed by atoms with Crippen LogP contribution in [0.25, 0.3) is 11.3 Å². The molecule has 1 atom stereocenters. The van der Waals surface area contributed by atoms with Gasteiger partial charge in [-0.2, -0.15) is 5.10 Å². The Kier molecular flexibility index (Phi) is 6.26. The molecule has 2 N–H and O–H groups in total. The Morgan fingerprint density at radius 3 is 2.74 bits per heavy atom. The number of nitrogens with zero attached hydrogens (tertiary/aromatic N) is 2. The Bertz CT molecular complexity index is 1350. The van der Waals surface area contributed by atoms with Crippen LogP contribution >= 0.6 is 11.6 Å². The maximum Gasteiger partial charge on any atom is 0.273 e. The predicted octanol–water partition coefficient (Wildman–Crippen LogP) is 6.26. The number of hydrogen-bond donors (Lipinski definition) is 2. The number of benzene rings is 2. The zero-order valence-corrected chi connectivity index (χ0v) is 20.3. The minimum atomic E-state index is -0.444. The average Bonchev–Trinajstić information content (AvgIpc) is 3.57. The molecule has 8 heteroatoms. The van der Waals surface area contributed by atoms with Gasteiger partial charge in [-0.15, -0.1) is 0 Å². The van der Waals surface area contributed by atoms with Crippen LogP contribution in [0.1, 0.15) is 58.7 Å². The number of aromatic hydroxyl groups is 1. The number of aryl methyl sites for hydroxylation is 1. The highest BCUT2D eigenvalue weighted by atomic mass is 35.5. The van der Waals surface area contributed by atoms with Crippen molar-refractivity contribution in [2.75, 3.05) is 6.61 Å². The van der Waals surface area contributed by atoms with Gasteiger partial charge in [-0.05, 0) is 60.9 Å². The van der Waals surface area contributed by atoms with Crippen LogP contribution in [-0.4, -0.2) is 32.7 Å². The van der Waals surface area contributed by atoms with E-state index in [9.17, 15) is 9.90 Å². The third-order valence-corrected chi connectivity index (χ3v) is 6.67. The van der Waals surface area contributed by atoms with Crippen molar-refractivity contribution in [2.24, 2.45) is 0 Å². The Morgan fingerprint density at radius 2 is 2.03 bits per heavy atom. The third kappa shape index (κ3) is 4.28. The third-order valence-electron chi connectivity index (χ3n) is 6.26. The molecule has 2 aromatic carbocycles. The van der Waals surface area contributed by atoms with E-state index >= 15 is 0 Å². The lowest BCUT2D eigenvalue weighted by Crippen LogP contribution is -2.29. The molecule has 3 heterocycles. The van der Waals surface area contributed by atoms with Gasteiger partial charge >= 0.3 is 0 Å². The van der Waals surface area contributed by atoms with Gasteiger partial charge in [-0.25, -0.2) is 0 Å². The second-order valence-corrected chi connectivity index (χ2v) is 9.07. The lowest BCUT2D eigenvalue weighted by Gasteiger charge is -2.26. The van der Waals surface area contributed by atoms with Gasteiger partial charge in [0.05, 0.1) is 25.5 Å². The minimum absolute atomic E-state index is 0.0524. The van der Waals surface area contributed by atoms with Gasteiger partial charge in [0.25, 0.3) is 5.91 Å². The highest BCUT2D eigenvalue weighted by Gasteiger charge is 2.43. The first kappa shape index (κ1) is 23.1. The van der Waals surface area contributed by atoms with Crippen molar-refractivity contribution in [3.8, 4) is 22.8 Å². The van der Waals surface area contributed by atoms with Crippen LogP contribution in [-0.2, 0) is 6.54 Å². The molecule has 4 aromatic rings. The largest absolute Gasteiger partial charge is 0.507 e. The van der Waals surface area contributed by atoms with Crippen molar-refractivity contribution in [1.82, 2.24) is 15.1 Å². The van der Waals surface area contributed by atoms with Gasteiger partial charge in [-0.1, -0.05) is 37.1 Å². The molecular formula is C27H26ClN3O4. The zero-order valence-electron chi connectivity index (χ0n) is 19.5. The number of carbonyl (C=O) groups is 1. The van der Waals surface area contributed by atoms with Crippen molar-refractivity contribution >= 4 is 17.5 Å². The van der Waals surface area contributed by atoms with Crippen LogP contribution in [0, 0.1) is 6.92 Å². The molecule has 0 saturated heterocycles. The summed E-state index contributed by atoms with van der Waals surface area (Å²) in [5.74, 6) is 1.31. The normalized spacial score (nSPS) is 15.0. The van der Waals surface area contributed by atoms with E-state index in [1.54, 1.807) is 29.4 Å². The first-order chi connectivity index (χ1) is 17.0. The molecule has 1 unspecified atom stereocenters. The molecule has 35 heavy (non-hydrogen) atoms. The smallest absolute Gasteiger partial charge is 0.273 e. The van der Waals surface area contributed by atoms with E-state index in [0.29, 0.717) is 39.9 Å².